The zero-order valence-corrected chi connectivity index (χ0v) is 14.6. The second-order valence-corrected chi connectivity index (χ2v) is 10.9. The second kappa shape index (κ2) is 5.56. The number of hydrogen-bond acceptors (Lipinski definition) is 3. The molecule has 0 aromatic heterocycles. The van der Waals surface area contributed by atoms with Crippen molar-refractivity contribution >= 4 is 15.7 Å². The molecule has 1 saturated heterocycles. The Hall–Kier alpha value is -0.580. The third kappa shape index (κ3) is 4.97. The van der Waals surface area contributed by atoms with Gasteiger partial charge in [0.2, 0.25) is 5.91 Å². The summed E-state index contributed by atoms with van der Waals surface area (Å²) >= 11 is 0. The number of rotatable bonds is 3. The van der Waals surface area contributed by atoms with E-state index >= 15 is 0 Å². The number of nitrogens with one attached hydrogen (secondary N) is 1. The van der Waals surface area contributed by atoms with Crippen molar-refractivity contribution in [2.45, 2.75) is 65.8 Å². The first-order chi connectivity index (χ1) is 9.46. The predicted molar refractivity (Wildman–Crippen MR) is 84.7 cm³/mol. The molecule has 122 valence electrons. The van der Waals surface area contributed by atoms with E-state index in [0.717, 1.165) is 12.8 Å². The van der Waals surface area contributed by atoms with E-state index in [4.69, 9.17) is 0 Å². The molecule has 1 amide bonds. The number of carbonyl (C=O) groups is 1. The highest BCUT2D eigenvalue weighted by molar-refractivity contribution is 7.91. The molecule has 0 spiro atoms. The molecular formula is C16H29NO3S. The first-order valence-corrected chi connectivity index (χ1v) is 9.78. The van der Waals surface area contributed by atoms with Crippen molar-refractivity contribution in [3.63, 3.8) is 0 Å². The molecule has 1 aliphatic heterocycles. The van der Waals surface area contributed by atoms with Crippen molar-refractivity contribution in [3.05, 3.63) is 0 Å². The molecule has 1 atom stereocenters. The molecule has 1 heterocycles. The van der Waals surface area contributed by atoms with E-state index in [1.807, 2.05) is 0 Å². The smallest absolute Gasteiger partial charge is 0.220 e. The molecule has 21 heavy (non-hydrogen) atoms. The number of sulfone groups is 1. The molecule has 0 aromatic carbocycles. The zero-order valence-electron chi connectivity index (χ0n) is 13.7. The lowest BCUT2D eigenvalue weighted by Crippen LogP contribution is -2.46. The SMILES string of the molecule is CC1(C)CC(NC(=O)C[C@@H]2CCS(=O)(=O)C2)CC(C)(C)C1. The Morgan fingerprint density at radius 1 is 1.14 bits per heavy atom. The zero-order chi connectivity index (χ0) is 15.9. The van der Waals surface area contributed by atoms with Crippen molar-refractivity contribution in [2.75, 3.05) is 11.5 Å². The van der Waals surface area contributed by atoms with Crippen LogP contribution in [0.4, 0.5) is 0 Å². The minimum absolute atomic E-state index is 0.0135. The topological polar surface area (TPSA) is 63.2 Å². The summed E-state index contributed by atoms with van der Waals surface area (Å²) in [5.74, 6) is 0.464. The summed E-state index contributed by atoms with van der Waals surface area (Å²) in [7, 11) is -2.89. The highest BCUT2D eigenvalue weighted by Gasteiger charge is 2.39. The van der Waals surface area contributed by atoms with Gasteiger partial charge in [-0.2, -0.15) is 0 Å². The van der Waals surface area contributed by atoms with Gasteiger partial charge in [0, 0.05) is 12.5 Å². The second-order valence-electron chi connectivity index (χ2n) is 8.65. The fourth-order valence-corrected chi connectivity index (χ4v) is 6.39. The highest BCUT2D eigenvalue weighted by Crippen LogP contribution is 2.45. The van der Waals surface area contributed by atoms with Crippen LogP contribution in [0.25, 0.3) is 0 Å². The maximum Gasteiger partial charge on any atom is 0.220 e. The molecule has 4 nitrogen and oxygen atoms in total. The highest BCUT2D eigenvalue weighted by atomic mass is 32.2. The molecule has 1 N–H and O–H groups in total. The fourth-order valence-electron chi connectivity index (χ4n) is 4.53. The lowest BCUT2D eigenvalue weighted by Gasteiger charge is -2.45. The van der Waals surface area contributed by atoms with Crippen LogP contribution >= 0.6 is 0 Å². The molecule has 5 heteroatoms. The Balaban J connectivity index is 1.88. The number of carbonyl (C=O) groups excluding carboxylic acids is 1. The molecule has 2 rings (SSSR count). The lowest BCUT2D eigenvalue weighted by molar-refractivity contribution is -0.123. The average Bonchev–Trinajstić information content (AvgIpc) is 2.52. The van der Waals surface area contributed by atoms with Crippen LogP contribution in [0.5, 0.6) is 0 Å². The summed E-state index contributed by atoms with van der Waals surface area (Å²) in [6.45, 7) is 9.04. The summed E-state index contributed by atoms with van der Waals surface area (Å²) in [5, 5.41) is 3.15. The normalized spacial score (nSPS) is 31.0. The Kier molecular flexibility index (Phi) is 4.45. The molecule has 0 unspecified atom stereocenters. The summed E-state index contributed by atoms with van der Waals surface area (Å²) in [6, 6.07) is 0.217. The Bertz CT molecular complexity index is 492. The monoisotopic (exact) mass is 315 g/mol. The first kappa shape index (κ1) is 16.8. The van der Waals surface area contributed by atoms with E-state index in [-0.39, 0.29) is 40.2 Å². The van der Waals surface area contributed by atoms with Crippen LogP contribution in [0.1, 0.15) is 59.8 Å². The van der Waals surface area contributed by atoms with Gasteiger partial charge in [0.05, 0.1) is 11.5 Å². The Morgan fingerprint density at radius 2 is 1.71 bits per heavy atom. The standard InChI is InChI=1S/C16H29NO3S/c1-15(2)8-13(9-16(3,4)11-15)17-14(18)7-12-5-6-21(19,20)10-12/h12-13H,5-11H2,1-4H3,(H,17,18)/t12-/m0/s1. The molecule has 1 saturated carbocycles. The molecule has 2 aliphatic rings. The van der Waals surface area contributed by atoms with Gasteiger partial charge in [-0.1, -0.05) is 27.7 Å². The molecule has 0 bridgehead atoms. The van der Waals surface area contributed by atoms with Crippen LogP contribution in [-0.4, -0.2) is 31.9 Å². The first-order valence-electron chi connectivity index (χ1n) is 7.96. The average molecular weight is 315 g/mol. The molecular weight excluding hydrogens is 286 g/mol. The van der Waals surface area contributed by atoms with Crippen molar-refractivity contribution in [1.29, 1.82) is 0 Å². The number of hydrogen-bond donors (Lipinski definition) is 1. The van der Waals surface area contributed by atoms with Gasteiger partial charge in [-0.15, -0.1) is 0 Å². The third-order valence-electron chi connectivity index (χ3n) is 4.72. The largest absolute Gasteiger partial charge is 0.353 e. The van der Waals surface area contributed by atoms with Gasteiger partial charge >= 0.3 is 0 Å². The van der Waals surface area contributed by atoms with E-state index in [1.54, 1.807) is 0 Å². The minimum Gasteiger partial charge on any atom is -0.353 e. The van der Waals surface area contributed by atoms with Gasteiger partial charge in [-0.3, -0.25) is 4.79 Å². The van der Waals surface area contributed by atoms with Crippen molar-refractivity contribution < 1.29 is 13.2 Å². The predicted octanol–water partition coefficient (Wildman–Crippen LogP) is 2.53. The summed E-state index contributed by atoms with van der Waals surface area (Å²) < 4.78 is 22.9. The number of amides is 1. The van der Waals surface area contributed by atoms with Gasteiger partial charge < -0.3 is 5.32 Å². The van der Waals surface area contributed by atoms with Gasteiger partial charge in [0.15, 0.2) is 9.84 Å². The third-order valence-corrected chi connectivity index (χ3v) is 6.56. The molecule has 0 aromatic rings. The maximum atomic E-state index is 12.2. The van der Waals surface area contributed by atoms with Crippen molar-refractivity contribution in [3.8, 4) is 0 Å². The molecule has 2 fully saturated rings. The fraction of sp³-hybridized carbons (Fsp3) is 0.938. The van der Waals surface area contributed by atoms with Crippen LogP contribution in [-0.2, 0) is 14.6 Å². The lowest BCUT2D eigenvalue weighted by atomic mass is 9.63. The van der Waals surface area contributed by atoms with Crippen LogP contribution in [0.15, 0.2) is 0 Å². The van der Waals surface area contributed by atoms with E-state index in [1.165, 1.54) is 6.42 Å². The van der Waals surface area contributed by atoms with E-state index in [0.29, 0.717) is 12.8 Å². The summed E-state index contributed by atoms with van der Waals surface area (Å²) in [6.07, 6.45) is 4.18. The Morgan fingerprint density at radius 3 is 2.19 bits per heavy atom. The van der Waals surface area contributed by atoms with Gasteiger partial charge in [-0.05, 0) is 42.4 Å². The summed E-state index contributed by atoms with van der Waals surface area (Å²) in [4.78, 5) is 12.2. The van der Waals surface area contributed by atoms with E-state index < -0.39 is 9.84 Å². The molecule has 1 aliphatic carbocycles. The molecule has 0 radical (unpaired) electrons. The van der Waals surface area contributed by atoms with Gasteiger partial charge in [0.1, 0.15) is 0 Å². The summed E-state index contributed by atoms with van der Waals surface area (Å²) in [5.41, 5.74) is 0.493. The Labute approximate surface area is 129 Å². The maximum absolute atomic E-state index is 12.2. The van der Waals surface area contributed by atoms with E-state index in [9.17, 15) is 13.2 Å². The quantitative estimate of drug-likeness (QED) is 0.870. The van der Waals surface area contributed by atoms with Crippen LogP contribution in [0.3, 0.4) is 0 Å². The van der Waals surface area contributed by atoms with E-state index in [2.05, 4.69) is 33.0 Å². The van der Waals surface area contributed by atoms with Crippen LogP contribution < -0.4 is 5.32 Å². The van der Waals surface area contributed by atoms with Crippen LogP contribution in [0.2, 0.25) is 0 Å². The van der Waals surface area contributed by atoms with Crippen molar-refractivity contribution in [1.82, 2.24) is 5.32 Å². The van der Waals surface area contributed by atoms with Gasteiger partial charge in [-0.25, -0.2) is 8.42 Å². The minimum atomic E-state index is -2.89. The van der Waals surface area contributed by atoms with Crippen molar-refractivity contribution in [2.24, 2.45) is 16.7 Å². The van der Waals surface area contributed by atoms with Gasteiger partial charge in [0.25, 0.3) is 0 Å². The van der Waals surface area contributed by atoms with Crippen LogP contribution in [0, 0.1) is 16.7 Å².